The molecule has 0 saturated heterocycles. The zero-order valence-electron chi connectivity index (χ0n) is 10.8. The number of thiocarbonyl (C=S) groups is 1. The van der Waals surface area contributed by atoms with Gasteiger partial charge in [0.25, 0.3) is 0 Å². The molecule has 4 N–H and O–H groups in total. The molecule has 0 unspecified atom stereocenters. The molecular formula is C12H19N3O2S2. The highest BCUT2D eigenvalue weighted by molar-refractivity contribution is 7.89. The molecule has 0 aliphatic heterocycles. The highest BCUT2D eigenvalue weighted by Crippen LogP contribution is 2.08. The fourth-order valence-corrected chi connectivity index (χ4v) is 2.11. The quantitative estimate of drug-likeness (QED) is 0.541. The third kappa shape index (κ3) is 6.00. The van der Waals surface area contributed by atoms with Gasteiger partial charge in [-0.3, -0.25) is 0 Å². The maximum Gasteiger partial charge on any atom is 0.238 e. The molecule has 0 radical (unpaired) electrons. The van der Waals surface area contributed by atoms with E-state index in [9.17, 15) is 8.42 Å². The highest BCUT2D eigenvalue weighted by atomic mass is 32.2. The molecule has 0 fully saturated rings. The summed E-state index contributed by atoms with van der Waals surface area (Å²) in [5.74, 6) is 0. The normalized spacial score (nSPS) is 11.1. The van der Waals surface area contributed by atoms with Crippen molar-refractivity contribution in [3.05, 3.63) is 29.8 Å². The van der Waals surface area contributed by atoms with E-state index in [0.29, 0.717) is 11.7 Å². The van der Waals surface area contributed by atoms with Gasteiger partial charge in [-0.25, -0.2) is 13.6 Å². The molecule has 1 aromatic carbocycles. The molecule has 0 spiro atoms. The molecule has 106 valence electrons. The van der Waals surface area contributed by atoms with Crippen molar-refractivity contribution in [1.29, 1.82) is 0 Å². The number of nitrogens with two attached hydrogens (primary N) is 1. The Balaban J connectivity index is 2.44. The van der Waals surface area contributed by atoms with Gasteiger partial charge in [0, 0.05) is 13.1 Å². The van der Waals surface area contributed by atoms with E-state index in [1.165, 1.54) is 12.1 Å². The number of rotatable bonds is 6. The van der Waals surface area contributed by atoms with Gasteiger partial charge >= 0.3 is 0 Å². The van der Waals surface area contributed by atoms with E-state index in [0.717, 1.165) is 24.9 Å². The smallest absolute Gasteiger partial charge is 0.238 e. The zero-order valence-corrected chi connectivity index (χ0v) is 12.5. The summed E-state index contributed by atoms with van der Waals surface area (Å²) in [4.78, 5) is 0.111. The van der Waals surface area contributed by atoms with Crippen LogP contribution in [0.3, 0.4) is 0 Å². The van der Waals surface area contributed by atoms with Gasteiger partial charge in [-0.05, 0) is 36.3 Å². The molecule has 1 rings (SSSR count). The minimum atomic E-state index is -3.62. The summed E-state index contributed by atoms with van der Waals surface area (Å²) in [6, 6.07) is 6.39. The van der Waals surface area contributed by atoms with Gasteiger partial charge in [0.05, 0.1) is 4.90 Å². The van der Waals surface area contributed by atoms with Crippen LogP contribution >= 0.6 is 12.2 Å². The fourth-order valence-electron chi connectivity index (χ4n) is 1.42. The summed E-state index contributed by atoms with van der Waals surface area (Å²) in [6.45, 7) is 3.51. The lowest BCUT2D eigenvalue weighted by atomic mass is 10.2. The minimum absolute atomic E-state index is 0.111. The van der Waals surface area contributed by atoms with Crippen molar-refractivity contribution in [2.45, 2.75) is 31.2 Å². The van der Waals surface area contributed by atoms with Crippen LogP contribution < -0.4 is 15.8 Å². The molecule has 7 heteroatoms. The second-order valence-corrected chi connectivity index (χ2v) is 6.12. The van der Waals surface area contributed by atoms with E-state index >= 15 is 0 Å². The predicted octanol–water partition coefficient (Wildman–Crippen LogP) is 1.10. The van der Waals surface area contributed by atoms with Gasteiger partial charge in [-0.15, -0.1) is 0 Å². The van der Waals surface area contributed by atoms with Gasteiger partial charge in [0.1, 0.15) is 0 Å². The van der Waals surface area contributed by atoms with Crippen LogP contribution in [0.15, 0.2) is 29.2 Å². The number of unbranched alkanes of at least 4 members (excludes halogenated alkanes) is 1. The van der Waals surface area contributed by atoms with Crippen molar-refractivity contribution >= 4 is 27.4 Å². The van der Waals surface area contributed by atoms with E-state index in [1.807, 2.05) is 0 Å². The van der Waals surface area contributed by atoms with Crippen molar-refractivity contribution in [3.8, 4) is 0 Å². The summed E-state index contributed by atoms with van der Waals surface area (Å²) < 4.78 is 22.2. The molecule has 1 aromatic rings. The lowest BCUT2D eigenvalue weighted by Crippen LogP contribution is -2.35. The van der Waals surface area contributed by atoms with Crippen molar-refractivity contribution < 1.29 is 8.42 Å². The number of benzene rings is 1. The second kappa shape index (κ2) is 7.42. The van der Waals surface area contributed by atoms with Crippen LogP contribution in [-0.2, 0) is 16.6 Å². The molecule has 0 heterocycles. The lowest BCUT2D eigenvalue weighted by Gasteiger charge is -2.10. The van der Waals surface area contributed by atoms with Gasteiger partial charge in [0.15, 0.2) is 5.11 Å². The zero-order chi connectivity index (χ0) is 14.3. The van der Waals surface area contributed by atoms with Crippen LogP contribution in [0.1, 0.15) is 25.3 Å². The Morgan fingerprint density at radius 1 is 1.26 bits per heavy atom. The summed E-state index contributed by atoms with van der Waals surface area (Å²) >= 11 is 5.11. The van der Waals surface area contributed by atoms with Crippen molar-refractivity contribution in [2.24, 2.45) is 5.14 Å². The lowest BCUT2D eigenvalue weighted by molar-refractivity contribution is 0.597. The predicted molar refractivity (Wildman–Crippen MR) is 80.2 cm³/mol. The first-order chi connectivity index (χ1) is 8.93. The van der Waals surface area contributed by atoms with E-state index in [1.54, 1.807) is 12.1 Å². The molecule has 5 nitrogen and oxygen atoms in total. The van der Waals surface area contributed by atoms with Gasteiger partial charge in [-0.2, -0.15) is 0 Å². The van der Waals surface area contributed by atoms with Crippen LogP contribution in [0.5, 0.6) is 0 Å². The second-order valence-electron chi connectivity index (χ2n) is 4.15. The molecule has 0 aromatic heterocycles. The molecule has 19 heavy (non-hydrogen) atoms. The van der Waals surface area contributed by atoms with Crippen molar-refractivity contribution in [3.63, 3.8) is 0 Å². The molecule has 0 saturated carbocycles. The molecular weight excluding hydrogens is 282 g/mol. The Morgan fingerprint density at radius 3 is 2.42 bits per heavy atom. The third-order valence-corrected chi connectivity index (χ3v) is 3.74. The first-order valence-electron chi connectivity index (χ1n) is 6.07. The number of hydrogen-bond acceptors (Lipinski definition) is 3. The Kier molecular flexibility index (Phi) is 6.20. The Labute approximate surface area is 119 Å². The van der Waals surface area contributed by atoms with Crippen LogP contribution in [0.25, 0.3) is 0 Å². The molecule has 0 bridgehead atoms. The van der Waals surface area contributed by atoms with Crippen LogP contribution in [0.4, 0.5) is 0 Å². The fraction of sp³-hybridized carbons (Fsp3) is 0.417. The van der Waals surface area contributed by atoms with Gasteiger partial charge in [0.2, 0.25) is 10.0 Å². The number of nitrogens with one attached hydrogen (secondary N) is 2. The summed E-state index contributed by atoms with van der Waals surface area (Å²) in [5, 5.41) is 11.8. The molecule has 0 amide bonds. The average molecular weight is 301 g/mol. The largest absolute Gasteiger partial charge is 0.363 e. The minimum Gasteiger partial charge on any atom is -0.363 e. The van der Waals surface area contributed by atoms with Crippen LogP contribution in [-0.4, -0.2) is 20.1 Å². The monoisotopic (exact) mass is 301 g/mol. The highest BCUT2D eigenvalue weighted by Gasteiger charge is 2.06. The summed E-state index contributed by atoms with van der Waals surface area (Å²) in [6.07, 6.45) is 2.19. The van der Waals surface area contributed by atoms with E-state index < -0.39 is 10.0 Å². The van der Waals surface area contributed by atoms with E-state index in [-0.39, 0.29) is 4.90 Å². The molecule has 0 aliphatic rings. The average Bonchev–Trinajstić information content (AvgIpc) is 2.36. The van der Waals surface area contributed by atoms with E-state index in [2.05, 4.69) is 17.6 Å². The number of primary sulfonamides is 1. The number of hydrogen-bond donors (Lipinski definition) is 3. The van der Waals surface area contributed by atoms with Gasteiger partial charge in [-0.1, -0.05) is 25.5 Å². The molecule has 0 aliphatic carbocycles. The third-order valence-electron chi connectivity index (χ3n) is 2.52. The first-order valence-corrected chi connectivity index (χ1v) is 8.02. The summed E-state index contributed by atoms with van der Waals surface area (Å²) in [5.41, 5.74) is 0.937. The van der Waals surface area contributed by atoms with Crippen molar-refractivity contribution in [2.75, 3.05) is 6.54 Å². The topological polar surface area (TPSA) is 84.2 Å². The summed E-state index contributed by atoms with van der Waals surface area (Å²) in [7, 11) is -3.62. The molecule has 0 atom stereocenters. The first kappa shape index (κ1) is 15.9. The number of sulfonamides is 1. The van der Waals surface area contributed by atoms with Crippen LogP contribution in [0.2, 0.25) is 0 Å². The maximum absolute atomic E-state index is 11.1. The Morgan fingerprint density at radius 2 is 1.89 bits per heavy atom. The van der Waals surface area contributed by atoms with Gasteiger partial charge < -0.3 is 10.6 Å². The standard InChI is InChI=1S/C12H19N3O2S2/c1-2-3-8-14-12(18)15-9-10-4-6-11(7-5-10)19(13,16)17/h4-7H,2-3,8-9H2,1H3,(H2,13,16,17)(H2,14,15,18). The van der Waals surface area contributed by atoms with E-state index in [4.69, 9.17) is 17.4 Å². The Hall–Kier alpha value is -1.18. The maximum atomic E-state index is 11.1. The van der Waals surface area contributed by atoms with Crippen molar-refractivity contribution in [1.82, 2.24) is 10.6 Å². The SMILES string of the molecule is CCCCNC(=S)NCc1ccc(S(N)(=O)=O)cc1. The Bertz CT molecular complexity index is 512. The van der Waals surface area contributed by atoms with Crippen LogP contribution in [0, 0.1) is 0 Å².